The molecule has 0 radical (unpaired) electrons. The van der Waals surface area contributed by atoms with Gasteiger partial charge >= 0.3 is 0 Å². The fourth-order valence-electron chi connectivity index (χ4n) is 1.33. The molecule has 0 bridgehead atoms. The molecule has 1 aliphatic rings. The van der Waals surface area contributed by atoms with Gasteiger partial charge in [0.15, 0.2) is 0 Å². The van der Waals surface area contributed by atoms with Crippen LogP contribution in [0.15, 0.2) is 22.7 Å². The number of ether oxygens (including phenoxy) is 1. The van der Waals surface area contributed by atoms with E-state index in [9.17, 15) is 4.39 Å². The van der Waals surface area contributed by atoms with Gasteiger partial charge in [0.05, 0.1) is 12.3 Å². The second kappa shape index (κ2) is 3.34. The number of halogens is 2. The Kier molecular flexibility index (Phi) is 2.19. The quantitative estimate of drug-likeness (QED) is 0.629. The van der Waals surface area contributed by atoms with Crippen LogP contribution in [0, 0.1) is 5.82 Å². The zero-order valence-corrected chi connectivity index (χ0v) is 7.51. The Hall–Kier alpha value is -1.09. The molecule has 0 saturated carbocycles. The van der Waals surface area contributed by atoms with Crippen molar-refractivity contribution >= 4 is 17.5 Å². The van der Waals surface area contributed by atoms with Gasteiger partial charge in [-0.2, -0.15) is 4.51 Å². The number of benzene rings is 1. The van der Waals surface area contributed by atoms with Crippen LogP contribution in [0.5, 0.6) is 5.75 Å². The summed E-state index contributed by atoms with van der Waals surface area (Å²) in [7, 11) is 0. The molecule has 0 unspecified atom stereocenters. The molecule has 0 saturated heterocycles. The molecular weight excluding hydrogens is 193 g/mol. The molecule has 2 rings (SSSR count). The minimum absolute atomic E-state index is 0.304. The van der Waals surface area contributed by atoms with Crippen molar-refractivity contribution in [3.05, 3.63) is 29.6 Å². The maximum absolute atomic E-state index is 12.9. The summed E-state index contributed by atoms with van der Waals surface area (Å²) in [6, 6.07) is 4.33. The van der Waals surface area contributed by atoms with E-state index >= 15 is 0 Å². The van der Waals surface area contributed by atoms with Crippen LogP contribution < -0.4 is 4.74 Å². The van der Waals surface area contributed by atoms with Crippen molar-refractivity contribution in [3.8, 4) is 5.75 Å². The van der Waals surface area contributed by atoms with E-state index in [2.05, 4.69) is 4.51 Å². The third-order valence-corrected chi connectivity index (χ3v) is 2.16. The van der Waals surface area contributed by atoms with Crippen molar-refractivity contribution in [2.24, 2.45) is 4.51 Å². The smallest absolute Gasteiger partial charge is 0.128 e. The van der Waals surface area contributed by atoms with E-state index in [-0.39, 0.29) is 5.82 Å². The molecule has 13 heavy (non-hydrogen) atoms. The van der Waals surface area contributed by atoms with E-state index in [1.807, 2.05) is 0 Å². The van der Waals surface area contributed by atoms with Crippen LogP contribution in [0.1, 0.15) is 12.0 Å². The van der Waals surface area contributed by atoms with Crippen LogP contribution in [0.2, 0.25) is 0 Å². The summed E-state index contributed by atoms with van der Waals surface area (Å²) in [5.41, 5.74) is 1.34. The zero-order valence-electron chi connectivity index (χ0n) is 6.76. The highest BCUT2D eigenvalue weighted by molar-refractivity contribution is 6.23. The summed E-state index contributed by atoms with van der Waals surface area (Å²) < 4.78 is 21.7. The second-order valence-electron chi connectivity index (χ2n) is 2.77. The molecule has 0 atom stereocenters. The molecule has 1 aromatic carbocycles. The first-order valence-corrected chi connectivity index (χ1v) is 4.25. The second-order valence-corrected chi connectivity index (χ2v) is 2.94. The topological polar surface area (TPSA) is 21.6 Å². The van der Waals surface area contributed by atoms with E-state index in [1.54, 1.807) is 6.07 Å². The molecule has 1 aromatic rings. The highest BCUT2D eigenvalue weighted by Gasteiger charge is 2.16. The largest absolute Gasteiger partial charge is 0.492 e. The molecule has 0 spiro atoms. The van der Waals surface area contributed by atoms with Crippen LogP contribution in [-0.4, -0.2) is 12.3 Å². The molecule has 68 valence electrons. The Morgan fingerprint density at radius 3 is 3.08 bits per heavy atom. The third kappa shape index (κ3) is 1.52. The van der Waals surface area contributed by atoms with Gasteiger partial charge in [0, 0.05) is 23.8 Å². The Morgan fingerprint density at radius 1 is 1.46 bits per heavy atom. The highest BCUT2D eigenvalue weighted by Crippen LogP contribution is 2.25. The maximum Gasteiger partial charge on any atom is 0.128 e. The molecule has 4 heteroatoms. The van der Waals surface area contributed by atoms with E-state index in [1.165, 1.54) is 12.1 Å². The standard InChI is InChI=1S/C9H7ClFNO/c10-12-8-3-4-13-9-2-1-6(11)5-7(8)9/h1-2,5H,3-4H2. The SMILES string of the molecule is Fc1ccc2c(c1)C(=NCl)CCO2. The minimum atomic E-state index is -0.304. The van der Waals surface area contributed by atoms with E-state index in [4.69, 9.17) is 16.5 Å². The van der Waals surface area contributed by atoms with Crippen molar-refractivity contribution in [3.63, 3.8) is 0 Å². The molecule has 0 aliphatic carbocycles. The Balaban J connectivity index is 2.54. The predicted octanol–water partition coefficient (Wildman–Crippen LogP) is 2.55. The van der Waals surface area contributed by atoms with E-state index in [0.29, 0.717) is 30.1 Å². The summed E-state index contributed by atoms with van der Waals surface area (Å²) in [5, 5.41) is 0. The van der Waals surface area contributed by atoms with E-state index in [0.717, 1.165) is 0 Å². The van der Waals surface area contributed by atoms with Gasteiger partial charge in [0.25, 0.3) is 0 Å². The first-order chi connectivity index (χ1) is 6.31. The van der Waals surface area contributed by atoms with Crippen molar-refractivity contribution in [2.45, 2.75) is 6.42 Å². The van der Waals surface area contributed by atoms with Gasteiger partial charge in [0.2, 0.25) is 0 Å². The Bertz CT molecular complexity index is 365. The molecule has 2 nitrogen and oxygen atoms in total. The lowest BCUT2D eigenvalue weighted by molar-refractivity contribution is 0.320. The summed E-state index contributed by atoms with van der Waals surface area (Å²) >= 11 is 5.37. The number of hydrogen-bond acceptors (Lipinski definition) is 2. The fourth-order valence-corrected chi connectivity index (χ4v) is 1.51. The van der Waals surface area contributed by atoms with Gasteiger partial charge in [0.1, 0.15) is 11.6 Å². The Labute approximate surface area is 80.1 Å². The average molecular weight is 200 g/mol. The predicted molar refractivity (Wildman–Crippen MR) is 48.9 cm³/mol. The molecule has 0 amide bonds. The molecule has 1 aliphatic heterocycles. The van der Waals surface area contributed by atoms with Gasteiger partial charge in [-0.15, -0.1) is 0 Å². The van der Waals surface area contributed by atoms with Crippen molar-refractivity contribution in [1.29, 1.82) is 0 Å². The van der Waals surface area contributed by atoms with Crippen LogP contribution >= 0.6 is 11.8 Å². The fraction of sp³-hybridized carbons (Fsp3) is 0.222. The normalized spacial score (nSPS) is 18.2. The van der Waals surface area contributed by atoms with Gasteiger partial charge in [-0.1, -0.05) is 0 Å². The van der Waals surface area contributed by atoms with Gasteiger partial charge in [-0.05, 0) is 18.2 Å². The van der Waals surface area contributed by atoms with Crippen molar-refractivity contribution in [1.82, 2.24) is 0 Å². The first-order valence-electron chi connectivity index (χ1n) is 3.92. The van der Waals surface area contributed by atoms with Gasteiger partial charge in [-0.25, -0.2) is 4.39 Å². The maximum atomic E-state index is 12.9. The lowest BCUT2D eigenvalue weighted by atomic mass is 10.0. The number of rotatable bonds is 0. The van der Waals surface area contributed by atoms with Gasteiger partial charge in [-0.3, -0.25) is 0 Å². The summed E-state index contributed by atoms with van der Waals surface area (Å²) in [4.78, 5) is 0. The van der Waals surface area contributed by atoms with Crippen LogP contribution in [0.25, 0.3) is 0 Å². The number of fused-ring (bicyclic) bond motifs is 1. The molecule has 1 heterocycles. The summed E-state index contributed by atoms with van der Waals surface area (Å²) in [6.45, 7) is 0.546. The number of nitrogens with zero attached hydrogens (tertiary/aromatic N) is 1. The molecule has 0 N–H and O–H groups in total. The molecule has 0 aromatic heterocycles. The molecular formula is C9H7ClFNO. The zero-order chi connectivity index (χ0) is 9.26. The van der Waals surface area contributed by atoms with Crippen molar-refractivity contribution < 1.29 is 9.13 Å². The summed E-state index contributed by atoms with van der Waals surface area (Å²) in [5.74, 6) is 0.342. The van der Waals surface area contributed by atoms with E-state index < -0.39 is 0 Å². The van der Waals surface area contributed by atoms with Crippen molar-refractivity contribution in [2.75, 3.05) is 6.61 Å². The van der Waals surface area contributed by atoms with Gasteiger partial charge < -0.3 is 4.74 Å². The van der Waals surface area contributed by atoms with Crippen LogP contribution in [0.3, 0.4) is 0 Å². The number of hydrogen-bond donors (Lipinski definition) is 0. The third-order valence-electron chi connectivity index (χ3n) is 1.95. The molecule has 0 fully saturated rings. The van der Waals surface area contributed by atoms with Crippen LogP contribution in [0.4, 0.5) is 4.39 Å². The minimum Gasteiger partial charge on any atom is -0.492 e. The highest BCUT2D eigenvalue weighted by atomic mass is 35.5. The lowest BCUT2D eigenvalue weighted by Crippen LogP contribution is -2.15. The average Bonchev–Trinajstić information content (AvgIpc) is 2.17. The van der Waals surface area contributed by atoms with Crippen LogP contribution in [-0.2, 0) is 0 Å². The monoisotopic (exact) mass is 199 g/mol. The first kappa shape index (κ1) is 8.51. The summed E-state index contributed by atoms with van der Waals surface area (Å²) in [6.07, 6.45) is 0.625. The lowest BCUT2D eigenvalue weighted by Gasteiger charge is -2.17. The Morgan fingerprint density at radius 2 is 2.31 bits per heavy atom.